The van der Waals surface area contributed by atoms with E-state index in [2.05, 4.69) is 36.5 Å². The maximum absolute atomic E-state index is 6.15. The molecule has 1 aromatic heterocycles. The number of hydrogen-bond acceptors (Lipinski definition) is 4. The number of anilines is 3. The molecule has 0 atom stereocenters. The minimum Gasteiger partial charge on any atom is -0.366 e. The second-order valence-corrected chi connectivity index (χ2v) is 6.17. The third-order valence-electron chi connectivity index (χ3n) is 3.17. The lowest BCUT2D eigenvalue weighted by Crippen LogP contribution is -2.04. The van der Waals surface area contributed by atoms with Crippen LogP contribution < -0.4 is 10.6 Å². The second kappa shape index (κ2) is 7.44. The van der Waals surface area contributed by atoms with Crippen LogP contribution in [0.25, 0.3) is 0 Å². The first-order chi connectivity index (χ1) is 11.2. The van der Waals surface area contributed by atoms with Crippen LogP contribution in [-0.4, -0.2) is 9.97 Å². The van der Waals surface area contributed by atoms with E-state index in [1.54, 1.807) is 6.20 Å². The van der Waals surface area contributed by atoms with Gasteiger partial charge in [-0.3, -0.25) is 0 Å². The van der Waals surface area contributed by atoms with Gasteiger partial charge in [0, 0.05) is 27.9 Å². The fraction of sp³-hybridized carbons (Fsp3) is 0.0588. The monoisotopic (exact) mass is 388 g/mol. The van der Waals surface area contributed by atoms with Gasteiger partial charge in [-0.15, -0.1) is 0 Å². The van der Waals surface area contributed by atoms with Gasteiger partial charge in [-0.25, -0.2) is 4.98 Å². The van der Waals surface area contributed by atoms with Gasteiger partial charge in [0.15, 0.2) is 0 Å². The number of nitrogens with zero attached hydrogens (tertiary/aromatic N) is 2. The maximum atomic E-state index is 6.15. The third-order valence-corrected chi connectivity index (χ3v) is 4.07. The molecule has 0 saturated heterocycles. The van der Waals surface area contributed by atoms with Crippen molar-refractivity contribution in [2.24, 2.45) is 0 Å². The number of nitrogens with one attached hydrogen (secondary N) is 2. The lowest BCUT2D eigenvalue weighted by atomic mass is 10.2. The van der Waals surface area contributed by atoms with Crippen molar-refractivity contribution < 1.29 is 0 Å². The van der Waals surface area contributed by atoms with Crippen molar-refractivity contribution in [1.82, 2.24) is 9.97 Å². The van der Waals surface area contributed by atoms with Crippen LogP contribution in [0.4, 0.5) is 17.5 Å². The van der Waals surface area contributed by atoms with Gasteiger partial charge in [0.25, 0.3) is 0 Å². The normalized spacial score (nSPS) is 10.3. The predicted molar refractivity (Wildman–Crippen MR) is 98.2 cm³/mol. The van der Waals surface area contributed by atoms with Crippen LogP contribution in [0, 0.1) is 0 Å². The highest BCUT2D eigenvalue weighted by molar-refractivity contribution is 9.10. The fourth-order valence-corrected chi connectivity index (χ4v) is 2.47. The maximum Gasteiger partial charge on any atom is 0.229 e. The molecule has 0 spiro atoms. The molecule has 0 aliphatic heterocycles. The predicted octanol–water partition coefficient (Wildman–Crippen LogP) is 5.25. The molecule has 3 aromatic rings. The highest BCUT2D eigenvalue weighted by Gasteiger charge is 2.02. The molecule has 3 rings (SSSR count). The molecule has 0 fully saturated rings. The first kappa shape index (κ1) is 15.8. The smallest absolute Gasteiger partial charge is 0.229 e. The summed E-state index contributed by atoms with van der Waals surface area (Å²) in [5, 5.41) is 7.16. The number of aromatic nitrogens is 2. The highest BCUT2D eigenvalue weighted by Crippen LogP contribution is 2.19. The molecule has 0 radical (unpaired) electrons. The van der Waals surface area contributed by atoms with Crippen molar-refractivity contribution in [2.45, 2.75) is 6.54 Å². The number of hydrogen-bond donors (Lipinski definition) is 2. The van der Waals surface area contributed by atoms with Crippen LogP contribution >= 0.6 is 27.5 Å². The third kappa shape index (κ3) is 4.43. The second-order valence-electron chi connectivity index (χ2n) is 4.84. The van der Waals surface area contributed by atoms with Gasteiger partial charge in [0.1, 0.15) is 5.82 Å². The van der Waals surface area contributed by atoms with Gasteiger partial charge in [-0.1, -0.05) is 45.7 Å². The molecule has 2 aromatic carbocycles. The molecule has 0 saturated carbocycles. The molecule has 2 N–H and O–H groups in total. The molecule has 0 aliphatic rings. The van der Waals surface area contributed by atoms with Gasteiger partial charge in [-0.05, 0) is 42.0 Å². The highest BCUT2D eigenvalue weighted by atomic mass is 79.9. The van der Waals surface area contributed by atoms with E-state index in [4.69, 9.17) is 11.6 Å². The molecule has 23 heavy (non-hydrogen) atoms. The first-order valence-corrected chi connectivity index (χ1v) is 8.21. The van der Waals surface area contributed by atoms with E-state index in [9.17, 15) is 0 Å². The van der Waals surface area contributed by atoms with Gasteiger partial charge >= 0.3 is 0 Å². The van der Waals surface area contributed by atoms with E-state index in [0.29, 0.717) is 12.5 Å². The van der Waals surface area contributed by atoms with Crippen LogP contribution in [0.2, 0.25) is 5.02 Å². The standard InChI is InChI=1S/C17H14BrClN4/c18-13-5-7-14(8-6-13)22-17-20-10-9-16(23-17)21-11-12-3-1-2-4-15(12)19/h1-10H,11H2,(H2,20,21,22,23). The van der Waals surface area contributed by atoms with Gasteiger partial charge < -0.3 is 10.6 Å². The fourth-order valence-electron chi connectivity index (χ4n) is 2.01. The van der Waals surface area contributed by atoms with Crippen LogP contribution in [0.5, 0.6) is 0 Å². The summed E-state index contributed by atoms with van der Waals surface area (Å²) in [5.41, 5.74) is 1.95. The number of benzene rings is 2. The topological polar surface area (TPSA) is 49.8 Å². The summed E-state index contributed by atoms with van der Waals surface area (Å²) in [7, 11) is 0. The Hall–Kier alpha value is -2.11. The van der Waals surface area contributed by atoms with Crippen LogP contribution in [-0.2, 0) is 6.54 Å². The Morgan fingerprint density at radius 2 is 1.78 bits per heavy atom. The van der Waals surface area contributed by atoms with Crippen molar-refractivity contribution in [3.05, 3.63) is 75.9 Å². The van der Waals surface area contributed by atoms with Crippen molar-refractivity contribution in [3.63, 3.8) is 0 Å². The molecule has 1 heterocycles. The Morgan fingerprint density at radius 3 is 2.57 bits per heavy atom. The quantitative estimate of drug-likeness (QED) is 0.626. The van der Waals surface area contributed by atoms with E-state index in [0.717, 1.165) is 26.6 Å². The Morgan fingerprint density at radius 1 is 1.00 bits per heavy atom. The van der Waals surface area contributed by atoms with E-state index in [-0.39, 0.29) is 0 Å². The number of rotatable bonds is 5. The van der Waals surface area contributed by atoms with Crippen molar-refractivity contribution in [3.8, 4) is 0 Å². The Balaban J connectivity index is 1.67. The minimum atomic E-state index is 0.538. The molecule has 116 valence electrons. The molecule has 4 nitrogen and oxygen atoms in total. The molecule has 0 aliphatic carbocycles. The summed E-state index contributed by atoms with van der Waals surface area (Å²) in [6.07, 6.45) is 1.71. The van der Waals surface area contributed by atoms with Crippen molar-refractivity contribution in [1.29, 1.82) is 0 Å². The van der Waals surface area contributed by atoms with E-state index in [1.165, 1.54) is 0 Å². The summed E-state index contributed by atoms with van der Waals surface area (Å²) in [6, 6.07) is 17.4. The molecule has 0 unspecified atom stereocenters. The zero-order chi connectivity index (χ0) is 16.1. The van der Waals surface area contributed by atoms with Crippen LogP contribution in [0.3, 0.4) is 0 Å². The summed E-state index contributed by atoms with van der Waals surface area (Å²) in [5.74, 6) is 1.27. The molecule has 6 heteroatoms. The van der Waals surface area contributed by atoms with Crippen molar-refractivity contribution >= 4 is 45.0 Å². The molecule has 0 amide bonds. The molecular weight excluding hydrogens is 376 g/mol. The van der Waals surface area contributed by atoms with Gasteiger partial charge in [-0.2, -0.15) is 4.98 Å². The summed E-state index contributed by atoms with van der Waals surface area (Å²) in [6.45, 7) is 0.606. The first-order valence-electron chi connectivity index (χ1n) is 7.03. The van der Waals surface area contributed by atoms with E-state index < -0.39 is 0 Å². The minimum absolute atomic E-state index is 0.538. The average Bonchev–Trinajstić information content (AvgIpc) is 2.57. The lowest BCUT2D eigenvalue weighted by molar-refractivity contribution is 1.08. The van der Waals surface area contributed by atoms with Gasteiger partial charge in [0.05, 0.1) is 0 Å². The summed E-state index contributed by atoms with van der Waals surface area (Å²) >= 11 is 9.56. The Bertz CT molecular complexity index is 793. The van der Waals surface area contributed by atoms with E-state index >= 15 is 0 Å². The van der Waals surface area contributed by atoms with Gasteiger partial charge in [0.2, 0.25) is 5.95 Å². The van der Waals surface area contributed by atoms with Crippen LogP contribution in [0.15, 0.2) is 65.3 Å². The zero-order valence-corrected chi connectivity index (χ0v) is 14.5. The summed E-state index contributed by atoms with van der Waals surface area (Å²) in [4.78, 5) is 8.68. The SMILES string of the molecule is Clc1ccccc1CNc1ccnc(Nc2ccc(Br)cc2)n1. The van der Waals surface area contributed by atoms with E-state index in [1.807, 2.05) is 54.6 Å². The Labute approximate surface area is 148 Å². The zero-order valence-electron chi connectivity index (χ0n) is 12.1. The lowest BCUT2D eigenvalue weighted by Gasteiger charge is -2.09. The Kier molecular flexibility index (Phi) is 5.10. The molecular formula is C17H14BrClN4. The van der Waals surface area contributed by atoms with Crippen molar-refractivity contribution in [2.75, 3.05) is 10.6 Å². The average molecular weight is 390 g/mol. The largest absolute Gasteiger partial charge is 0.366 e. The van der Waals surface area contributed by atoms with Crippen LogP contribution in [0.1, 0.15) is 5.56 Å². The number of halogens is 2. The molecule has 0 bridgehead atoms. The summed E-state index contributed by atoms with van der Waals surface area (Å²) < 4.78 is 1.03.